The molecule has 0 unspecified atom stereocenters. The van der Waals surface area contributed by atoms with Crippen molar-refractivity contribution < 1.29 is 10.2 Å². The Hall–Kier alpha value is -1.24. The number of rotatable bonds is 6. The van der Waals surface area contributed by atoms with Crippen molar-refractivity contribution in [2.45, 2.75) is 44.9 Å². The van der Waals surface area contributed by atoms with Gasteiger partial charge in [0.1, 0.15) is 0 Å². The van der Waals surface area contributed by atoms with Gasteiger partial charge in [-0.1, -0.05) is 6.42 Å². The smallest absolute Gasteiger partial charge is 0.225 e. The first kappa shape index (κ1) is 19.1. The van der Waals surface area contributed by atoms with Crippen LogP contribution in [0.5, 0.6) is 0 Å². The molecule has 1 aromatic rings. The van der Waals surface area contributed by atoms with Gasteiger partial charge in [0.05, 0.1) is 0 Å². The molecule has 2 atom stereocenters. The molecule has 1 saturated carbocycles. The molecular formula is C21H34N4O2. The highest BCUT2D eigenvalue weighted by Crippen LogP contribution is 2.36. The Bertz CT molecular complexity index is 629. The number of piperidine rings is 1. The van der Waals surface area contributed by atoms with E-state index in [0.29, 0.717) is 24.4 Å². The minimum Gasteiger partial charge on any atom is -0.396 e. The van der Waals surface area contributed by atoms with Crippen LogP contribution in [0.1, 0.15) is 49.4 Å². The van der Waals surface area contributed by atoms with Gasteiger partial charge in [-0.25, -0.2) is 9.97 Å². The lowest BCUT2D eigenvalue weighted by Gasteiger charge is -2.33. The van der Waals surface area contributed by atoms with E-state index in [-0.39, 0.29) is 12.5 Å². The van der Waals surface area contributed by atoms with Crippen LogP contribution in [0.3, 0.4) is 0 Å². The van der Waals surface area contributed by atoms with Crippen LogP contribution in [0.4, 0.5) is 5.95 Å². The second-order valence-corrected chi connectivity index (χ2v) is 8.90. The first-order chi connectivity index (χ1) is 13.2. The van der Waals surface area contributed by atoms with Gasteiger partial charge in [0.25, 0.3) is 0 Å². The molecule has 0 aromatic carbocycles. The molecule has 2 aliphatic heterocycles. The highest BCUT2D eigenvalue weighted by Gasteiger charge is 2.36. The van der Waals surface area contributed by atoms with Crippen LogP contribution in [0.25, 0.3) is 0 Å². The molecule has 0 amide bonds. The molecule has 150 valence electrons. The lowest BCUT2D eigenvalue weighted by atomic mass is 9.83. The molecule has 6 heteroatoms. The Kier molecular flexibility index (Phi) is 5.95. The Morgan fingerprint density at radius 2 is 1.74 bits per heavy atom. The van der Waals surface area contributed by atoms with E-state index in [1.807, 2.05) is 0 Å². The maximum absolute atomic E-state index is 9.94. The van der Waals surface area contributed by atoms with Crippen molar-refractivity contribution in [1.29, 1.82) is 0 Å². The molecule has 0 bridgehead atoms. The summed E-state index contributed by atoms with van der Waals surface area (Å²) in [5.74, 6) is 2.69. The van der Waals surface area contributed by atoms with Crippen molar-refractivity contribution in [2.24, 2.45) is 17.8 Å². The highest BCUT2D eigenvalue weighted by molar-refractivity contribution is 5.36. The largest absolute Gasteiger partial charge is 0.396 e. The fourth-order valence-corrected chi connectivity index (χ4v) is 4.83. The molecule has 27 heavy (non-hydrogen) atoms. The van der Waals surface area contributed by atoms with Crippen LogP contribution < -0.4 is 4.90 Å². The summed E-state index contributed by atoms with van der Waals surface area (Å²) in [6.07, 6.45) is 5.99. The van der Waals surface area contributed by atoms with Crippen LogP contribution in [-0.2, 0) is 0 Å². The Morgan fingerprint density at radius 1 is 1.00 bits per heavy atom. The zero-order chi connectivity index (χ0) is 18.8. The highest BCUT2D eigenvalue weighted by atomic mass is 16.3. The van der Waals surface area contributed by atoms with Crippen molar-refractivity contribution in [3.63, 3.8) is 0 Å². The summed E-state index contributed by atoms with van der Waals surface area (Å²) in [7, 11) is 0. The number of nitrogens with zero attached hydrogens (tertiary/aromatic N) is 4. The van der Waals surface area contributed by atoms with Gasteiger partial charge < -0.3 is 20.0 Å². The van der Waals surface area contributed by atoms with Crippen molar-refractivity contribution in [3.8, 4) is 0 Å². The third kappa shape index (κ3) is 4.28. The second kappa shape index (κ2) is 8.41. The van der Waals surface area contributed by atoms with E-state index in [0.717, 1.165) is 57.2 Å². The first-order valence-electron chi connectivity index (χ1n) is 10.7. The molecule has 0 radical (unpaired) electrons. The number of hydrogen-bond acceptors (Lipinski definition) is 6. The monoisotopic (exact) mass is 374 g/mol. The quantitative estimate of drug-likeness (QED) is 0.791. The van der Waals surface area contributed by atoms with Gasteiger partial charge in [0.15, 0.2) is 0 Å². The van der Waals surface area contributed by atoms with E-state index < -0.39 is 0 Å². The van der Waals surface area contributed by atoms with Crippen molar-refractivity contribution >= 4 is 5.95 Å². The summed E-state index contributed by atoms with van der Waals surface area (Å²) < 4.78 is 0. The Balaban J connectivity index is 1.41. The molecule has 2 N–H and O–H groups in total. The third-order valence-corrected chi connectivity index (χ3v) is 6.94. The SMILES string of the molecule is Cc1cc(C2CCC2)nc(N2C[C@@H](CN3CCC(CO)CC3)[C@@H](CO)C2)n1. The van der Waals surface area contributed by atoms with Crippen molar-refractivity contribution in [3.05, 3.63) is 17.5 Å². The standard InChI is InChI=1S/C21H34N4O2/c1-15-9-20(17-3-2-4-17)23-21(22-15)25-11-18(19(12-25)14-27)10-24-7-5-16(13-26)6-8-24/h9,16-19,26-27H,2-8,10-14H2,1H3/t18-,19-/m1/s1. The lowest BCUT2D eigenvalue weighted by molar-refractivity contribution is 0.106. The van der Waals surface area contributed by atoms with Gasteiger partial charge in [-0.3, -0.25) is 0 Å². The molecule has 3 heterocycles. The predicted octanol–water partition coefficient (Wildman–Crippen LogP) is 1.80. The topological polar surface area (TPSA) is 72.7 Å². The molecule has 3 fully saturated rings. The van der Waals surface area contributed by atoms with E-state index in [1.165, 1.54) is 25.0 Å². The van der Waals surface area contributed by atoms with Gasteiger partial charge in [0.2, 0.25) is 5.95 Å². The van der Waals surface area contributed by atoms with Gasteiger partial charge in [-0.15, -0.1) is 0 Å². The maximum atomic E-state index is 9.94. The second-order valence-electron chi connectivity index (χ2n) is 8.90. The zero-order valence-electron chi connectivity index (χ0n) is 16.6. The number of aryl methyl sites for hydroxylation is 1. The number of aliphatic hydroxyl groups is 2. The van der Waals surface area contributed by atoms with E-state index in [9.17, 15) is 10.2 Å². The molecule has 1 aliphatic carbocycles. The van der Waals surface area contributed by atoms with Gasteiger partial charge in [0, 0.05) is 56.1 Å². The molecule has 0 spiro atoms. The molecule has 6 nitrogen and oxygen atoms in total. The van der Waals surface area contributed by atoms with E-state index in [1.54, 1.807) is 0 Å². The van der Waals surface area contributed by atoms with Crippen LogP contribution in [-0.4, -0.2) is 71.0 Å². The fourth-order valence-electron chi connectivity index (χ4n) is 4.83. The van der Waals surface area contributed by atoms with Gasteiger partial charge >= 0.3 is 0 Å². The summed E-state index contributed by atoms with van der Waals surface area (Å²) in [5, 5.41) is 19.3. The number of hydrogen-bond donors (Lipinski definition) is 2. The first-order valence-corrected chi connectivity index (χ1v) is 10.7. The minimum atomic E-state index is 0.232. The fraction of sp³-hybridized carbons (Fsp3) is 0.810. The van der Waals surface area contributed by atoms with Crippen LogP contribution in [0, 0.1) is 24.7 Å². The van der Waals surface area contributed by atoms with Crippen LogP contribution in [0.2, 0.25) is 0 Å². The Morgan fingerprint density at radius 3 is 2.37 bits per heavy atom. The molecule has 4 rings (SSSR count). The maximum Gasteiger partial charge on any atom is 0.225 e. The van der Waals surface area contributed by atoms with Crippen LogP contribution in [0.15, 0.2) is 6.07 Å². The summed E-state index contributed by atoms with van der Waals surface area (Å²) >= 11 is 0. The Labute approximate surface area is 162 Å². The third-order valence-electron chi connectivity index (χ3n) is 6.94. The normalized spacial score (nSPS) is 27.9. The summed E-state index contributed by atoms with van der Waals surface area (Å²) in [6, 6.07) is 2.15. The minimum absolute atomic E-state index is 0.232. The van der Waals surface area contributed by atoms with Crippen molar-refractivity contribution in [1.82, 2.24) is 14.9 Å². The number of anilines is 1. The van der Waals surface area contributed by atoms with Crippen molar-refractivity contribution in [2.75, 3.05) is 50.8 Å². The predicted molar refractivity (Wildman–Crippen MR) is 106 cm³/mol. The van der Waals surface area contributed by atoms with Gasteiger partial charge in [-0.05, 0) is 63.6 Å². The average Bonchev–Trinajstić information content (AvgIpc) is 3.03. The molecular weight excluding hydrogens is 340 g/mol. The van der Waals surface area contributed by atoms with Crippen LogP contribution >= 0.6 is 0 Å². The summed E-state index contributed by atoms with van der Waals surface area (Å²) in [5.41, 5.74) is 2.26. The molecule has 1 aromatic heterocycles. The molecule has 2 saturated heterocycles. The number of likely N-dealkylation sites (tertiary alicyclic amines) is 1. The van der Waals surface area contributed by atoms with Gasteiger partial charge in [-0.2, -0.15) is 0 Å². The molecule has 3 aliphatic rings. The van der Waals surface area contributed by atoms with E-state index in [2.05, 4.69) is 22.8 Å². The average molecular weight is 375 g/mol. The number of aromatic nitrogens is 2. The zero-order valence-corrected chi connectivity index (χ0v) is 16.6. The summed E-state index contributed by atoms with van der Waals surface area (Å²) in [4.78, 5) is 14.4. The van der Waals surface area contributed by atoms with E-state index in [4.69, 9.17) is 9.97 Å². The summed E-state index contributed by atoms with van der Waals surface area (Å²) in [6.45, 7) is 7.55. The van der Waals surface area contributed by atoms with E-state index >= 15 is 0 Å². The number of aliphatic hydroxyl groups excluding tert-OH is 2. The lowest BCUT2D eigenvalue weighted by Crippen LogP contribution is -2.40.